The van der Waals surface area contributed by atoms with Crippen LogP contribution in [0, 0.1) is 5.82 Å². The molecule has 3 rings (SSSR count). The van der Waals surface area contributed by atoms with Gasteiger partial charge in [-0.1, -0.05) is 30.3 Å². The van der Waals surface area contributed by atoms with E-state index in [0.29, 0.717) is 11.6 Å². The van der Waals surface area contributed by atoms with Gasteiger partial charge in [0.2, 0.25) is 0 Å². The summed E-state index contributed by atoms with van der Waals surface area (Å²) in [5, 5.41) is 3.98. The first kappa shape index (κ1) is 26.8. The minimum absolute atomic E-state index is 0.0620. The van der Waals surface area contributed by atoms with Crippen molar-refractivity contribution in [3.63, 3.8) is 0 Å². The molecule has 1 unspecified atom stereocenters. The summed E-state index contributed by atoms with van der Waals surface area (Å²) < 4.78 is 98.4. The molecule has 0 radical (unpaired) electrons. The number of pyridine rings is 1. The van der Waals surface area contributed by atoms with Crippen LogP contribution in [0.3, 0.4) is 0 Å². The van der Waals surface area contributed by atoms with Crippen LogP contribution in [0.1, 0.15) is 22.4 Å². The molecule has 0 aliphatic carbocycles. The van der Waals surface area contributed by atoms with E-state index in [1.54, 1.807) is 35.6 Å². The number of halogens is 7. The highest BCUT2D eigenvalue weighted by atomic mass is 19.4. The first-order chi connectivity index (χ1) is 16.8. The van der Waals surface area contributed by atoms with Crippen LogP contribution in [0.5, 0.6) is 5.75 Å². The van der Waals surface area contributed by atoms with E-state index in [1.165, 1.54) is 25.4 Å². The van der Waals surface area contributed by atoms with Crippen molar-refractivity contribution in [1.82, 2.24) is 15.6 Å². The van der Waals surface area contributed by atoms with Crippen molar-refractivity contribution in [3.05, 3.63) is 95.1 Å². The topological polar surface area (TPSA) is 63.2 Å². The second-order valence-electron chi connectivity index (χ2n) is 7.80. The molecule has 0 saturated heterocycles. The highest BCUT2D eigenvalue weighted by Crippen LogP contribution is 2.38. The van der Waals surface area contributed by atoms with E-state index >= 15 is 0 Å². The average Bonchev–Trinajstić information content (AvgIpc) is 2.81. The number of urea groups is 1. The van der Waals surface area contributed by atoms with E-state index in [0.717, 1.165) is 6.07 Å². The minimum Gasteiger partial charge on any atom is -0.495 e. The van der Waals surface area contributed by atoms with E-state index in [-0.39, 0.29) is 29.5 Å². The zero-order valence-electron chi connectivity index (χ0n) is 18.7. The summed E-state index contributed by atoms with van der Waals surface area (Å²) in [4.78, 5) is 16.8. The van der Waals surface area contributed by atoms with Crippen molar-refractivity contribution in [3.8, 4) is 5.75 Å². The molecule has 1 aromatic heterocycles. The number of ether oxygens (including phenoxy) is 1. The molecule has 2 aromatic carbocycles. The summed E-state index contributed by atoms with van der Waals surface area (Å²) >= 11 is 0. The van der Waals surface area contributed by atoms with Gasteiger partial charge in [0.25, 0.3) is 0 Å². The van der Waals surface area contributed by atoms with E-state index in [9.17, 15) is 35.5 Å². The zero-order chi connectivity index (χ0) is 26.6. The third-order valence-electron chi connectivity index (χ3n) is 5.22. The molecule has 2 amide bonds. The maximum absolute atomic E-state index is 14.5. The van der Waals surface area contributed by atoms with Gasteiger partial charge in [0, 0.05) is 6.42 Å². The molecule has 0 spiro atoms. The molecule has 3 aromatic rings. The maximum atomic E-state index is 14.5. The lowest BCUT2D eigenvalue weighted by molar-refractivity contribution is -0.137. The van der Waals surface area contributed by atoms with Crippen molar-refractivity contribution in [1.29, 1.82) is 0 Å². The maximum Gasteiger partial charge on any atom is 0.416 e. The van der Waals surface area contributed by atoms with Crippen LogP contribution in [0.15, 0.2) is 66.9 Å². The Morgan fingerprint density at radius 1 is 0.944 bits per heavy atom. The van der Waals surface area contributed by atoms with Crippen LogP contribution in [0.25, 0.3) is 0 Å². The Hall–Kier alpha value is -3.83. The average molecular weight is 515 g/mol. The number of rotatable bonds is 7. The lowest BCUT2D eigenvalue weighted by atomic mass is 9.79. The van der Waals surface area contributed by atoms with Crippen LogP contribution < -0.4 is 15.4 Å². The number of hydrogen-bond donors (Lipinski definition) is 2. The van der Waals surface area contributed by atoms with Crippen LogP contribution in [-0.2, 0) is 18.1 Å². The third-order valence-corrected chi connectivity index (χ3v) is 5.22. The van der Waals surface area contributed by atoms with Gasteiger partial charge in [0.05, 0.1) is 24.6 Å². The van der Waals surface area contributed by atoms with Gasteiger partial charge >= 0.3 is 18.4 Å². The van der Waals surface area contributed by atoms with Gasteiger partial charge in [-0.2, -0.15) is 26.3 Å². The van der Waals surface area contributed by atoms with Crippen LogP contribution in [0.2, 0.25) is 0 Å². The summed E-state index contributed by atoms with van der Waals surface area (Å²) in [7, 11) is 1.35. The first-order valence-electron chi connectivity index (χ1n) is 10.4. The minimum atomic E-state index is -4.94. The number of amides is 2. The number of alkyl halides is 6. The number of nitrogens with one attached hydrogen (secondary N) is 2. The number of aromatic nitrogens is 1. The summed E-state index contributed by atoms with van der Waals surface area (Å²) in [6, 6.07) is 11.2. The largest absolute Gasteiger partial charge is 0.495 e. The summed E-state index contributed by atoms with van der Waals surface area (Å²) in [6.45, 7) is -1.70. The number of benzene rings is 2. The molecule has 0 aliphatic rings. The number of hydrogen-bond acceptors (Lipinski definition) is 3. The molecular weight excluding hydrogens is 495 g/mol. The molecule has 0 fully saturated rings. The molecule has 0 saturated carbocycles. The molecule has 5 nitrogen and oxygen atoms in total. The van der Waals surface area contributed by atoms with E-state index in [4.69, 9.17) is 4.74 Å². The highest BCUT2D eigenvalue weighted by Gasteiger charge is 2.41. The standard InChI is InChI=1S/C24H20F7N3O2/c1-36-19-7-8-20(32-13-19)22(12-15-5-3-2-4-6-15,34-21(35)33-14-23(26,27)28)16-9-17(24(29,30)31)11-18(25)10-16/h2-11,13H,12,14H2,1H3,(H2,33,34,35). The van der Waals surface area contributed by atoms with Gasteiger partial charge in [-0.25, -0.2) is 9.18 Å². The van der Waals surface area contributed by atoms with Crippen molar-refractivity contribution >= 4 is 6.03 Å². The van der Waals surface area contributed by atoms with Crippen LogP contribution in [-0.4, -0.2) is 30.8 Å². The van der Waals surface area contributed by atoms with Crippen molar-refractivity contribution in [2.24, 2.45) is 0 Å². The summed E-state index contributed by atoms with van der Waals surface area (Å²) in [5.74, 6) is -0.993. The lowest BCUT2D eigenvalue weighted by Gasteiger charge is -2.36. The predicted octanol–water partition coefficient (Wildman–Crippen LogP) is 5.60. The van der Waals surface area contributed by atoms with Crippen LogP contribution >= 0.6 is 0 Å². The number of carbonyl (C=O) groups excluding carboxylic acids is 1. The van der Waals surface area contributed by atoms with Crippen LogP contribution in [0.4, 0.5) is 35.5 Å². The first-order valence-corrected chi connectivity index (χ1v) is 10.4. The quantitative estimate of drug-likeness (QED) is 0.403. The Labute approximate surface area is 201 Å². The highest BCUT2D eigenvalue weighted by molar-refractivity contribution is 5.76. The summed E-state index contributed by atoms with van der Waals surface area (Å²) in [6.07, 6.45) is -8.75. The van der Waals surface area contributed by atoms with Gasteiger partial charge in [-0.15, -0.1) is 0 Å². The second-order valence-corrected chi connectivity index (χ2v) is 7.80. The SMILES string of the molecule is COc1ccc(C(Cc2ccccc2)(NC(=O)NCC(F)(F)F)c2cc(F)cc(C(F)(F)F)c2)nc1. The van der Waals surface area contributed by atoms with Crippen molar-refractivity contribution < 1.29 is 40.3 Å². The third kappa shape index (κ3) is 6.64. The Morgan fingerprint density at radius 3 is 2.17 bits per heavy atom. The Bertz CT molecular complexity index is 1180. The molecular formula is C24H20F7N3O2. The molecule has 36 heavy (non-hydrogen) atoms. The fraction of sp³-hybridized carbons (Fsp3) is 0.250. The fourth-order valence-electron chi connectivity index (χ4n) is 3.59. The molecule has 2 N–H and O–H groups in total. The van der Waals surface area contributed by atoms with Gasteiger partial charge in [-0.3, -0.25) is 4.98 Å². The van der Waals surface area contributed by atoms with E-state index in [1.807, 2.05) is 0 Å². The van der Waals surface area contributed by atoms with Gasteiger partial charge in [-0.05, 0) is 41.5 Å². The molecule has 12 heteroatoms. The normalized spacial score (nSPS) is 13.6. The number of methoxy groups -OCH3 is 1. The molecule has 192 valence electrons. The predicted molar refractivity (Wildman–Crippen MR) is 116 cm³/mol. The second kappa shape index (κ2) is 10.4. The Morgan fingerprint density at radius 2 is 1.61 bits per heavy atom. The number of nitrogens with zero attached hydrogens (tertiary/aromatic N) is 1. The smallest absolute Gasteiger partial charge is 0.416 e. The van der Waals surface area contributed by atoms with Gasteiger partial charge < -0.3 is 15.4 Å². The summed E-state index contributed by atoms with van der Waals surface area (Å²) in [5.41, 5.74) is -3.32. The molecule has 1 heterocycles. The molecule has 0 aliphatic heterocycles. The van der Waals surface area contributed by atoms with Crippen molar-refractivity contribution in [2.75, 3.05) is 13.7 Å². The van der Waals surface area contributed by atoms with Gasteiger partial charge in [0.1, 0.15) is 23.7 Å². The van der Waals surface area contributed by atoms with Gasteiger partial charge in [0.15, 0.2) is 0 Å². The molecule has 0 bridgehead atoms. The van der Waals surface area contributed by atoms with E-state index < -0.39 is 41.8 Å². The van der Waals surface area contributed by atoms with Crippen molar-refractivity contribution in [2.45, 2.75) is 24.3 Å². The zero-order valence-corrected chi connectivity index (χ0v) is 18.7. The Balaban J connectivity index is 2.25. The number of carbonyl (C=O) groups is 1. The molecule has 1 atom stereocenters. The monoisotopic (exact) mass is 515 g/mol. The fourth-order valence-corrected chi connectivity index (χ4v) is 3.59. The Kier molecular flexibility index (Phi) is 7.75. The lowest BCUT2D eigenvalue weighted by Crippen LogP contribution is -2.53. The van der Waals surface area contributed by atoms with E-state index in [2.05, 4.69) is 10.3 Å².